The van der Waals surface area contributed by atoms with E-state index in [1.807, 2.05) is 29.2 Å². The molecule has 0 saturated carbocycles. The maximum absolute atomic E-state index is 12.3. The Morgan fingerprint density at radius 2 is 2.06 bits per heavy atom. The maximum Gasteiger partial charge on any atom is 0.227 e. The Labute approximate surface area is 113 Å². The number of carbonyl (C=O) groups excluding carboxylic acids is 1. The zero-order chi connectivity index (χ0) is 13.3. The minimum Gasteiger partial charge on any atom is -0.336 e. The highest BCUT2D eigenvalue weighted by Gasteiger charge is 2.39. The summed E-state index contributed by atoms with van der Waals surface area (Å²) in [5, 5.41) is 0.690. The Morgan fingerprint density at radius 3 is 2.56 bits per heavy atom. The van der Waals surface area contributed by atoms with Crippen LogP contribution in [0.5, 0.6) is 0 Å². The van der Waals surface area contributed by atoms with Gasteiger partial charge in [-0.25, -0.2) is 0 Å². The lowest BCUT2D eigenvalue weighted by Gasteiger charge is -2.31. The molecule has 1 heterocycles. The van der Waals surface area contributed by atoms with Crippen LogP contribution in [0.1, 0.15) is 25.8 Å². The molecule has 1 aromatic rings. The molecule has 1 saturated heterocycles. The molecule has 1 unspecified atom stereocenters. The quantitative estimate of drug-likeness (QED) is 0.892. The van der Waals surface area contributed by atoms with E-state index in [-0.39, 0.29) is 17.5 Å². The van der Waals surface area contributed by atoms with Crippen molar-refractivity contribution in [3.05, 3.63) is 34.9 Å². The number of benzene rings is 1. The fourth-order valence-corrected chi connectivity index (χ4v) is 2.74. The van der Waals surface area contributed by atoms with Crippen molar-refractivity contribution >= 4 is 17.5 Å². The van der Waals surface area contributed by atoms with E-state index in [2.05, 4.69) is 13.8 Å². The summed E-state index contributed by atoms with van der Waals surface area (Å²) in [6, 6.07) is 7.50. The number of nitrogens with two attached hydrogens (primary N) is 1. The van der Waals surface area contributed by atoms with Gasteiger partial charge in [-0.15, -0.1) is 0 Å². The fraction of sp³-hybridized carbons (Fsp3) is 0.500. The van der Waals surface area contributed by atoms with Crippen LogP contribution < -0.4 is 5.73 Å². The Kier molecular flexibility index (Phi) is 3.64. The van der Waals surface area contributed by atoms with Gasteiger partial charge in [0.2, 0.25) is 5.91 Å². The molecule has 0 radical (unpaired) electrons. The van der Waals surface area contributed by atoms with E-state index < -0.39 is 0 Å². The first-order chi connectivity index (χ1) is 8.38. The zero-order valence-electron chi connectivity index (χ0n) is 10.8. The third-order valence-electron chi connectivity index (χ3n) is 3.48. The minimum absolute atomic E-state index is 0.0918. The van der Waals surface area contributed by atoms with Gasteiger partial charge in [0.25, 0.3) is 0 Å². The number of hydrogen-bond acceptors (Lipinski definition) is 2. The van der Waals surface area contributed by atoms with Gasteiger partial charge in [-0.05, 0) is 38.0 Å². The predicted molar refractivity (Wildman–Crippen MR) is 73.5 cm³/mol. The van der Waals surface area contributed by atoms with Gasteiger partial charge in [0, 0.05) is 23.1 Å². The van der Waals surface area contributed by atoms with Crippen LogP contribution in [0.3, 0.4) is 0 Å². The van der Waals surface area contributed by atoms with Gasteiger partial charge in [0.1, 0.15) is 0 Å². The first-order valence-corrected chi connectivity index (χ1v) is 6.57. The molecule has 98 valence electrons. The summed E-state index contributed by atoms with van der Waals surface area (Å²) in [6.07, 6.45) is 1.27. The van der Waals surface area contributed by atoms with Crippen LogP contribution in [0.4, 0.5) is 0 Å². The van der Waals surface area contributed by atoms with E-state index in [1.54, 1.807) is 0 Å². The van der Waals surface area contributed by atoms with Crippen molar-refractivity contribution in [2.75, 3.05) is 6.54 Å². The molecule has 0 aromatic heterocycles. The van der Waals surface area contributed by atoms with Crippen LogP contribution >= 0.6 is 11.6 Å². The summed E-state index contributed by atoms with van der Waals surface area (Å²) in [5.41, 5.74) is 6.79. The summed E-state index contributed by atoms with van der Waals surface area (Å²) in [4.78, 5) is 14.2. The molecule has 2 rings (SSSR count). The Hall–Kier alpha value is -1.06. The van der Waals surface area contributed by atoms with Crippen LogP contribution in [0.15, 0.2) is 24.3 Å². The molecule has 1 fully saturated rings. The number of halogens is 1. The van der Waals surface area contributed by atoms with Gasteiger partial charge in [-0.1, -0.05) is 23.7 Å². The van der Waals surface area contributed by atoms with Crippen molar-refractivity contribution in [2.24, 2.45) is 5.73 Å². The lowest BCUT2D eigenvalue weighted by Crippen LogP contribution is -2.43. The van der Waals surface area contributed by atoms with E-state index in [9.17, 15) is 4.79 Å². The Bertz CT molecular complexity index is 442. The van der Waals surface area contributed by atoms with Crippen molar-refractivity contribution in [3.8, 4) is 0 Å². The van der Waals surface area contributed by atoms with Crippen LogP contribution in [-0.4, -0.2) is 28.9 Å². The second-order valence-electron chi connectivity index (χ2n) is 5.58. The van der Waals surface area contributed by atoms with Crippen LogP contribution in [-0.2, 0) is 11.2 Å². The number of amides is 1. The third-order valence-corrected chi connectivity index (χ3v) is 3.73. The predicted octanol–water partition coefficient (Wildman–Crippen LogP) is 2.22. The lowest BCUT2D eigenvalue weighted by atomic mass is 10.00. The van der Waals surface area contributed by atoms with Crippen LogP contribution in [0.2, 0.25) is 5.02 Å². The van der Waals surface area contributed by atoms with Crippen molar-refractivity contribution in [3.63, 3.8) is 0 Å². The fourth-order valence-electron chi connectivity index (χ4n) is 2.61. The zero-order valence-corrected chi connectivity index (χ0v) is 11.6. The molecule has 1 atom stereocenters. The van der Waals surface area contributed by atoms with E-state index >= 15 is 0 Å². The highest BCUT2D eigenvalue weighted by atomic mass is 35.5. The van der Waals surface area contributed by atoms with Crippen molar-refractivity contribution in [1.82, 2.24) is 4.90 Å². The molecule has 1 aromatic carbocycles. The summed E-state index contributed by atoms with van der Waals surface area (Å²) >= 11 is 5.83. The normalized spacial score (nSPS) is 22.2. The molecule has 0 bridgehead atoms. The maximum atomic E-state index is 12.3. The van der Waals surface area contributed by atoms with Crippen molar-refractivity contribution in [2.45, 2.75) is 38.3 Å². The average molecular weight is 267 g/mol. The second-order valence-corrected chi connectivity index (χ2v) is 6.02. The highest BCUT2D eigenvalue weighted by Crippen LogP contribution is 2.28. The van der Waals surface area contributed by atoms with Crippen LogP contribution in [0.25, 0.3) is 0 Å². The molecule has 1 aliphatic rings. The highest BCUT2D eigenvalue weighted by molar-refractivity contribution is 6.30. The number of likely N-dealkylation sites (tertiary alicyclic amines) is 1. The number of carbonyl (C=O) groups is 1. The molecular formula is C14H19ClN2O. The van der Waals surface area contributed by atoms with Gasteiger partial charge >= 0.3 is 0 Å². The Morgan fingerprint density at radius 1 is 1.44 bits per heavy atom. The SMILES string of the molecule is CC1(C)CC(N)CN1C(=O)Cc1ccc(Cl)cc1. The summed E-state index contributed by atoms with van der Waals surface area (Å²) in [6.45, 7) is 4.79. The van der Waals surface area contributed by atoms with Gasteiger partial charge in [-0.3, -0.25) is 4.79 Å². The van der Waals surface area contributed by atoms with E-state index in [0.717, 1.165) is 12.0 Å². The second kappa shape index (κ2) is 4.90. The summed E-state index contributed by atoms with van der Waals surface area (Å²) in [7, 11) is 0. The molecule has 0 aliphatic carbocycles. The largest absolute Gasteiger partial charge is 0.336 e. The molecular weight excluding hydrogens is 248 g/mol. The first-order valence-electron chi connectivity index (χ1n) is 6.19. The van der Waals surface area contributed by atoms with Crippen LogP contribution in [0, 0.1) is 0 Å². The lowest BCUT2D eigenvalue weighted by molar-refractivity contribution is -0.133. The average Bonchev–Trinajstić information content (AvgIpc) is 2.55. The Balaban J connectivity index is 2.06. The molecule has 0 spiro atoms. The molecule has 1 amide bonds. The van der Waals surface area contributed by atoms with Gasteiger partial charge in [0.05, 0.1) is 6.42 Å². The third kappa shape index (κ3) is 2.85. The molecule has 4 heteroatoms. The number of rotatable bonds is 2. The number of hydrogen-bond donors (Lipinski definition) is 1. The molecule has 2 N–H and O–H groups in total. The van der Waals surface area contributed by atoms with Crippen molar-refractivity contribution < 1.29 is 4.79 Å². The molecule has 18 heavy (non-hydrogen) atoms. The van der Waals surface area contributed by atoms with Gasteiger partial charge in [-0.2, -0.15) is 0 Å². The van der Waals surface area contributed by atoms with Crippen molar-refractivity contribution in [1.29, 1.82) is 0 Å². The minimum atomic E-state index is -0.136. The topological polar surface area (TPSA) is 46.3 Å². The van der Waals surface area contributed by atoms with E-state index in [0.29, 0.717) is 18.0 Å². The number of nitrogens with zero attached hydrogens (tertiary/aromatic N) is 1. The van der Waals surface area contributed by atoms with E-state index in [1.165, 1.54) is 0 Å². The van der Waals surface area contributed by atoms with Gasteiger partial charge in [0.15, 0.2) is 0 Å². The monoisotopic (exact) mass is 266 g/mol. The molecule has 1 aliphatic heterocycles. The smallest absolute Gasteiger partial charge is 0.227 e. The first kappa shape index (κ1) is 13.4. The molecule has 3 nitrogen and oxygen atoms in total. The standard InChI is InChI=1S/C14H19ClN2O/c1-14(2)8-12(16)9-17(14)13(18)7-10-3-5-11(15)6-4-10/h3-6,12H,7-9,16H2,1-2H3. The summed E-state index contributed by atoms with van der Waals surface area (Å²) in [5.74, 6) is 0.135. The summed E-state index contributed by atoms with van der Waals surface area (Å²) < 4.78 is 0. The van der Waals surface area contributed by atoms with E-state index in [4.69, 9.17) is 17.3 Å². The van der Waals surface area contributed by atoms with Gasteiger partial charge < -0.3 is 10.6 Å².